The number of carbonyl (C=O) groups is 1. The molecular weight excluding hydrogens is 305 g/mol. The molecule has 0 bridgehead atoms. The standard InChI is InChI=1S/C19H22FN3O/c1-15-6-8-16(9-7-15)21-14-19(24)23-12-10-22(11-13-23)18-5-3-2-4-17(18)20/h2-9,21H,10-14H2,1H3. The first kappa shape index (κ1) is 16.3. The predicted octanol–water partition coefficient (Wildman–Crippen LogP) is 2.89. The molecule has 1 fully saturated rings. The summed E-state index contributed by atoms with van der Waals surface area (Å²) in [4.78, 5) is 16.1. The number of nitrogens with one attached hydrogen (secondary N) is 1. The van der Waals surface area contributed by atoms with Crippen molar-refractivity contribution in [1.82, 2.24) is 4.90 Å². The van der Waals surface area contributed by atoms with Gasteiger partial charge in [-0.2, -0.15) is 0 Å². The van der Waals surface area contributed by atoms with Gasteiger partial charge in [0.15, 0.2) is 0 Å². The highest BCUT2D eigenvalue weighted by Crippen LogP contribution is 2.20. The summed E-state index contributed by atoms with van der Waals surface area (Å²) in [5, 5.41) is 3.16. The fourth-order valence-electron chi connectivity index (χ4n) is 2.87. The van der Waals surface area contributed by atoms with Crippen LogP contribution in [0.25, 0.3) is 0 Å². The molecule has 2 aromatic rings. The number of para-hydroxylation sites is 1. The van der Waals surface area contributed by atoms with Gasteiger partial charge in [-0.25, -0.2) is 4.39 Å². The molecule has 0 radical (unpaired) electrons. The first-order valence-electron chi connectivity index (χ1n) is 8.21. The van der Waals surface area contributed by atoms with Gasteiger partial charge in [-0.3, -0.25) is 4.79 Å². The van der Waals surface area contributed by atoms with Crippen LogP contribution in [-0.4, -0.2) is 43.5 Å². The average molecular weight is 327 g/mol. The molecule has 24 heavy (non-hydrogen) atoms. The summed E-state index contributed by atoms with van der Waals surface area (Å²) in [6, 6.07) is 14.7. The molecule has 1 aliphatic heterocycles. The number of benzene rings is 2. The highest BCUT2D eigenvalue weighted by atomic mass is 19.1. The van der Waals surface area contributed by atoms with Crippen molar-refractivity contribution in [2.24, 2.45) is 0 Å². The summed E-state index contributed by atoms with van der Waals surface area (Å²) in [6.45, 7) is 4.84. The molecule has 2 aromatic carbocycles. The molecule has 0 saturated carbocycles. The number of anilines is 2. The van der Waals surface area contributed by atoms with E-state index in [1.807, 2.05) is 47.1 Å². The molecule has 1 saturated heterocycles. The smallest absolute Gasteiger partial charge is 0.241 e. The topological polar surface area (TPSA) is 35.6 Å². The molecule has 5 heteroatoms. The van der Waals surface area contributed by atoms with Gasteiger partial charge in [-0.15, -0.1) is 0 Å². The van der Waals surface area contributed by atoms with E-state index in [4.69, 9.17) is 0 Å². The molecule has 1 amide bonds. The Hall–Kier alpha value is -2.56. The van der Waals surface area contributed by atoms with Crippen molar-refractivity contribution in [2.75, 3.05) is 42.9 Å². The molecule has 126 valence electrons. The summed E-state index contributed by atoms with van der Waals surface area (Å²) in [7, 11) is 0. The van der Waals surface area contributed by atoms with Crippen LogP contribution >= 0.6 is 0 Å². The third-order valence-corrected chi connectivity index (χ3v) is 4.32. The summed E-state index contributed by atoms with van der Waals surface area (Å²) < 4.78 is 13.8. The minimum Gasteiger partial charge on any atom is -0.376 e. The van der Waals surface area contributed by atoms with Crippen molar-refractivity contribution >= 4 is 17.3 Å². The molecule has 4 nitrogen and oxygen atoms in total. The van der Waals surface area contributed by atoms with Gasteiger partial charge in [-0.1, -0.05) is 29.8 Å². The van der Waals surface area contributed by atoms with Gasteiger partial charge >= 0.3 is 0 Å². The zero-order chi connectivity index (χ0) is 16.9. The molecule has 0 unspecified atom stereocenters. The number of piperazine rings is 1. The number of aryl methyl sites for hydroxylation is 1. The SMILES string of the molecule is Cc1ccc(NCC(=O)N2CCN(c3ccccc3F)CC2)cc1. The summed E-state index contributed by atoms with van der Waals surface area (Å²) in [6.07, 6.45) is 0. The fraction of sp³-hybridized carbons (Fsp3) is 0.316. The van der Waals surface area contributed by atoms with E-state index in [1.54, 1.807) is 12.1 Å². The van der Waals surface area contributed by atoms with Crippen LogP contribution in [0.4, 0.5) is 15.8 Å². The number of nitrogens with zero attached hydrogens (tertiary/aromatic N) is 2. The second-order valence-electron chi connectivity index (χ2n) is 6.04. The van der Waals surface area contributed by atoms with Crippen LogP contribution in [0.1, 0.15) is 5.56 Å². The Bertz CT molecular complexity index is 694. The van der Waals surface area contributed by atoms with Crippen LogP contribution in [0.15, 0.2) is 48.5 Å². The maximum Gasteiger partial charge on any atom is 0.241 e. The Labute approximate surface area is 141 Å². The second-order valence-corrected chi connectivity index (χ2v) is 6.04. The first-order valence-corrected chi connectivity index (χ1v) is 8.21. The molecule has 0 aromatic heterocycles. The summed E-state index contributed by atoms with van der Waals surface area (Å²) >= 11 is 0. The van der Waals surface area contributed by atoms with Crippen LogP contribution in [0.2, 0.25) is 0 Å². The van der Waals surface area contributed by atoms with Crippen molar-refractivity contribution in [3.8, 4) is 0 Å². The Morgan fingerprint density at radius 3 is 2.38 bits per heavy atom. The zero-order valence-corrected chi connectivity index (χ0v) is 13.8. The largest absolute Gasteiger partial charge is 0.376 e. The Kier molecular flexibility index (Phi) is 4.99. The van der Waals surface area contributed by atoms with Gasteiger partial charge in [0, 0.05) is 31.9 Å². The molecule has 1 heterocycles. The van der Waals surface area contributed by atoms with E-state index < -0.39 is 0 Å². The number of hydrogen-bond acceptors (Lipinski definition) is 3. The van der Waals surface area contributed by atoms with Crippen molar-refractivity contribution in [1.29, 1.82) is 0 Å². The third-order valence-electron chi connectivity index (χ3n) is 4.32. The maximum atomic E-state index is 13.8. The highest BCUT2D eigenvalue weighted by Gasteiger charge is 2.22. The van der Waals surface area contributed by atoms with Crippen molar-refractivity contribution < 1.29 is 9.18 Å². The Morgan fingerprint density at radius 2 is 1.71 bits per heavy atom. The van der Waals surface area contributed by atoms with Crippen molar-refractivity contribution in [2.45, 2.75) is 6.92 Å². The van der Waals surface area contributed by atoms with Gasteiger partial charge in [0.05, 0.1) is 12.2 Å². The monoisotopic (exact) mass is 327 g/mol. The lowest BCUT2D eigenvalue weighted by Crippen LogP contribution is -2.50. The van der Waals surface area contributed by atoms with Crippen molar-refractivity contribution in [3.63, 3.8) is 0 Å². The molecule has 3 rings (SSSR count). The summed E-state index contributed by atoms with van der Waals surface area (Å²) in [5.41, 5.74) is 2.75. The lowest BCUT2D eigenvalue weighted by Gasteiger charge is -2.36. The Morgan fingerprint density at radius 1 is 1.04 bits per heavy atom. The average Bonchev–Trinajstić information content (AvgIpc) is 2.61. The Balaban J connectivity index is 1.50. The molecular formula is C19H22FN3O. The van der Waals surface area contributed by atoms with Crippen LogP contribution in [0.5, 0.6) is 0 Å². The van der Waals surface area contributed by atoms with Gasteiger partial charge in [0.25, 0.3) is 0 Å². The molecule has 0 spiro atoms. The van der Waals surface area contributed by atoms with Gasteiger partial charge in [0.2, 0.25) is 5.91 Å². The van der Waals surface area contributed by atoms with Gasteiger partial charge in [-0.05, 0) is 31.2 Å². The maximum absolute atomic E-state index is 13.8. The first-order chi connectivity index (χ1) is 11.6. The zero-order valence-electron chi connectivity index (χ0n) is 13.8. The summed E-state index contributed by atoms with van der Waals surface area (Å²) in [5.74, 6) is -0.137. The third kappa shape index (κ3) is 3.85. The number of hydrogen-bond donors (Lipinski definition) is 1. The number of rotatable bonds is 4. The van der Waals surface area contributed by atoms with Crippen LogP contribution in [0.3, 0.4) is 0 Å². The van der Waals surface area contributed by atoms with E-state index in [2.05, 4.69) is 5.32 Å². The second kappa shape index (κ2) is 7.34. The van der Waals surface area contributed by atoms with Crippen LogP contribution in [0, 0.1) is 12.7 Å². The fourth-order valence-corrected chi connectivity index (χ4v) is 2.87. The van der Waals surface area contributed by atoms with Crippen LogP contribution in [-0.2, 0) is 4.79 Å². The van der Waals surface area contributed by atoms with Crippen LogP contribution < -0.4 is 10.2 Å². The predicted molar refractivity (Wildman–Crippen MR) is 94.9 cm³/mol. The number of halogens is 1. The number of carbonyl (C=O) groups excluding carboxylic acids is 1. The minimum atomic E-state index is -0.210. The van der Waals surface area contributed by atoms with E-state index in [9.17, 15) is 9.18 Å². The highest BCUT2D eigenvalue weighted by molar-refractivity contribution is 5.81. The van der Waals surface area contributed by atoms with E-state index in [0.717, 1.165) is 5.69 Å². The molecule has 1 aliphatic rings. The van der Waals surface area contributed by atoms with E-state index in [-0.39, 0.29) is 18.3 Å². The minimum absolute atomic E-state index is 0.0729. The van der Waals surface area contributed by atoms with E-state index in [0.29, 0.717) is 31.9 Å². The lowest BCUT2D eigenvalue weighted by molar-refractivity contribution is -0.129. The van der Waals surface area contributed by atoms with E-state index in [1.165, 1.54) is 11.6 Å². The molecule has 1 N–H and O–H groups in total. The normalized spacial score (nSPS) is 14.6. The lowest BCUT2D eigenvalue weighted by atomic mass is 10.2. The van der Waals surface area contributed by atoms with E-state index >= 15 is 0 Å². The number of amides is 1. The van der Waals surface area contributed by atoms with Gasteiger partial charge < -0.3 is 15.1 Å². The van der Waals surface area contributed by atoms with Crippen molar-refractivity contribution in [3.05, 3.63) is 59.9 Å². The van der Waals surface area contributed by atoms with Gasteiger partial charge in [0.1, 0.15) is 5.82 Å². The molecule has 0 atom stereocenters. The molecule has 0 aliphatic carbocycles. The quantitative estimate of drug-likeness (QED) is 0.938.